The standard InChI is InChI=1S/C16H21O/c1-12-9-10-14-15(2,3)16(14,11-12)17-13-7-5-4-6-8-13/h5-8,12,14H,9-11H2,1-3H3. The highest BCUT2D eigenvalue weighted by Gasteiger charge is 2.74. The van der Waals surface area contributed by atoms with E-state index in [9.17, 15) is 0 Å². The molecule has 91 valence electrons. The normalized spacial score (nSPS) is 38.3. The molecule has 0 saturated heterocycles. The molecule has 2 saturated carbocycles. The molecule has 0 aromatic heterocycles. The Balaban J connectivity index is 1.86. The molecule has 2 aliphatic rings. The van der Waals surface area contributed by atoms with Crippen LogP contribution < -0.4 is 4.74 Å². The van der Waals surface area contributed by atoms with Crippen LogP contribution in [-0.4, -0.2) is 5.60 Å². The Labute approximate surface area is 104 Å². The minimum absolute atomic E-state index is 0.103. The molecule has 1 aromatic carbocycles. The van der Waals surface area contributed by atoms with E-state index in [4.69, 9.17) is 4.74 Å². The molecule has 17 heavy (non-hydrogen) atoms. The lowest BCUT2D eigenvalue weighted by atomic mass is 9.88. The van der Waals surface area contributed by atoms with E-state index in [1.54, 1.807) is 0 Å². The van der Waals surface area contributed by atoms with Crippen molar-refractivity contribution in [2.24, 2.45) is 17.3 Å². The molecule has 3 unspecified atom stereocenters. The zero-order chi connectivity index (χ0) is 12.1. The molecular formula is C16H21O. The summed E-state index contributed by atoms with van der Waals surface area (Å²) in [5.74, 6) is 2.55. The van der Waals surface area contributed by atoms with Crippen LogP contribution in [0.25, 0.3) is 0 Å². The molecule has 1 aromatic rings. The molecule has 2 fully saturated rings. The van der Waals surface area contributed by atoms with Crippen molar-refractivity contribution >= 4 is 0 Å². The first-order chi connectivity index (χ1) is 8.06. The minimum atomic E-state index is 0.103. The molecule has 0 N–H and O–H groups in total. The van der Waals surface area contributed by atoms with Gasteiger partial charge in [0, 0.05) is 11.3 Å². The second-order valence-corrected chi connectivity index (χ2v) is 6.39. The third-order valence-corrected chi connectivity index (χ3v) is 5.03. The van der Waals surface area contributed by atoms with Crippen molar-refractivity contribution in [2.75, 3.05) is 0 Å². The quantitative estimate of drug-likeness (QED) is 0.742. The number of benzene rings is 1. The third kappa shape index (κ3) is 1.51. The van der Waals surface area contributed by atoms with E-state index in [2.05, 4.69) is 26.8 Å². The summed E-state index contributed by atoms with van der Waals surface area (Å²) in [6.07, 6.45) is 3.90. The number of hydrogen-bond acceptors (Lipinski definition) is 1. The number of ether oxygens (including phenoxy) is 1. The van der Waals surface area contributed by atoms with Gasteiger partial charge in [-0.25, -0.2) is 0 Å². The fraction of sp³-hybridized carbons (Fsp3) is 0.625. The predicted octanol–water partition coefficient (Wildman–Crippen LogP) is 4.08. The lowest BCUT2D eigenvalue weighted by Gasteiger charge is -2.29. The van der Waals surface area contributed by atoms with Crippen molar-refractivity contribution in [3.8, 4) is 5.75 Å². The molecule has 0 bridgehead atoms. The van der Waals surface area contributed by atoms with Gasteiger partial charge in [0.1, 0.15) is 11.4 Å². The molecule has 0 amide bonds. The average Bonchev–Trinajstić information content (AvgIpc) is 2.75. The average molecular weight is 229 g/mol. The number of rotatable bonds is 2. The summed E-state index contributed by atoms with van der Waals surface area (Å²) in [7, 11) is 0. The van der Waals surface area contributed by atoms with Gasteiger partial charge in [-0.3, -0.25) is 0 Å². The van der Waals surface area contributed by atoms with E-state index in [0.29, 0.717) is 5.41 Å². The van der Waals surface area contributed by atoms with Crippen LogP contribution in [0.5, 0.6) is 5.75 Å². The van der Waals surface area contributed by atoms with Crippen LogP contribution >= 0.6 is 0 Å². The molecule has 0 spiro atoms. The van der Waals surface area contributed by atoms with Gasteiger partial charge in [0.15, 0.2) is 0 Å². The van der Waals surface area contributed by atoms with Gasteiger partial charge in [-0.2, -0.15) is 0 Å². The number of hydrogen-bond donors (Lipinski definition) is 0. The summed E-state index contributed by atoms with van der Waals surface area (Å²) in [5.41, 5.74) is 0.448. The van der Waals surface area contributed by atoms with Crippen LogP contribution in [0.4, 0.5) is 0 Å². The topological polar surface area (TPSA) is 9.23 Å². The van der Waals surface area contributed by atoms with E-state index in [1.165, 1.54) is 19.3 Å². The van der Waals surface area contributed by atoms with Gasteiger partial charge in [0.05, 0.1) is 0 Å². The van der Waals surface area contributed by atoms with Crippen LogP contribution in [0.3, 0.4) is 0 Å². The molecule has 3 atom stereocenters. The Morgan fingerprint density at radius 1 is 1.24 bits per heavy atom. The molecule has 1 nitrogen and oxygen atoms in total. The summed E-state index contributed by atoms with van der Waals surface area (Å²) in [6, 6.07) is 11.0. The molecule has 3 rings (SSSR count). The Morgan fingerprint density at radius 2 is 1.94 bits per heavy atom. The van der Waals surface area contributed by atoms with E-state index in [0.717, 1.165) is 17.6 Å². The van der Waals surface area contributed by atoms with Crippen molar-refractivity contribution in [2.45, 2.75) is 45.6 Å². The van der Waals surface area contributed by atoms with E-state index >= 15 is 0 Å². The van der Waals surface area contributed by atoms with Gasteiger partial charge in [0.2, 0.25) is 0 Å². The van der Waals surface area contributed by atoms with Gasteiger partial charge >= 0.3 is 0 Å². The van der Waals surface area contributed by atoms with Crippen LogP contribution in [0, 0.1) is 23.3 Å². The van der Waals surface area contributed by atoms with Gasteiger partial charge in [-0.15, -0.1) is 0 Å². The summed E-state index contributed by atoms with van der Waals surface area (Å²) < 4.78 is 6.38. The Hall–Kier alpha value is -0.980. The summed E-state index contributed by atoms with van der Waals surface area (Å²) in [5, 5.41) is 0. The molecule has 2 aliphatic carbocycles. The smallest absolute Gasteiger partial charge is 0.120 e. The maximum atomic E-state index is 6.38. The SMILES string of the molecule is CC1CCC2C(C)(C)C2(Oc2cc[c]cc2)C1. The van der Waals surface area contributed by atoms with Crippen LogP contribution in [0.15, 0.2) is 24.3 Å². The predicted molar refractivity (Wildman–Crippen MR) is 68.9 cm³/mol. The highest BCUT2D eigenvalue weighted by Crippen LogP contribution is 2.70. The summed E-state index contributed by atoms with van der Waals surface area (Å²) in [6.45, 7) is 7.09. The van der Waals surface area contributed by atoms with Crippen molar-refractivity contribution in [3.05, 3.63) is 30.3 Å². The minimum Gasteiger partial charge on any atom is -0.486 e. The first kappa shape index (κ1) is 11.1. The van der Waals surface area contributed by atoms with E-state index in [1.807, 2.05) is 24.3 Å². The molecule has 1 radical (unpaired) electrons. The first-order valence-electron chi connectivity index (χ1n) is 6.71. The monoisotopic (exact) mass is 229 g/mol. The zero-order valence-corrected chi connectivity index (χ0v) is 11.0. The number of fused-ring (bicyclic) bond motifs is 1. The van der Waals surface area contributed by atoms with Crippen molar-refractivity contribution in [1.82, 2.24) is 0 Å². The lowest BCUT2D eigenvalue weighted by molar-refractivity contribution is 0.0847. The van der Waals surface area contributed by atoms with Gasteiger partial charge in [0.25, 0.3) is 0 Å². The van der Waals surface area contributed by atoms with Crippen molar-refractivity contribution < 1.29 is 4.74 Å². The highest BCUT2D eigenvalue weighted by molar-refractivity contribution is 5.29. The summed E-state index contributed by atoms with van der Waals surface area (Å²) >= 11 is 0. The maximum Gasteiger partial charge on any atom is 0.120 e. The van der Waals surface area contributed by atoms with Crippen molar-refractivity contribution in [1.29, 1.82) is 0 Å². The molecular weight excluding hydrogens is 208 g/mol. The first-order valence-corrected chi connectivity index (χ1v) is 6.71. The highest BCUT2D eigenvalue weighted by atomic mass is 16.5. The fourth-order valence-electron chi connectivity index (χ4n) is 3.89. The Bertz CT molecular complexity index is 409. The van der Waals surface area contributed by atoms with Gasteiger partial charge in [-0.05, 0) is 37.0 Å². The van der Waals surface area contributed by atoms with Crippen LogP contribution in [0.1, 0.15) is 40.0 Å². The van der Waals surface area contributed by atoms with Gasteiger partial charge < -0.3 is 4.74 Å². The molecule has 0 aliphatic heterocycles. The third-order valence-electron chi connectivity index (χ3n) is 5.03. The summed E-state index contributed by atoms with van der Waals surface area (Å²) in [4.78, 5) is 0. The largest absolute Gasteiger partial charge is 0.486 e. The van der Waals surface area contributed by atoms with Crippen molar-refractivity contribution in [3.63, 3.8) is 0 Å². The van der Waals surface area contributed by atoms with Crippen LogP contribution in [0.2, 0.25) is 0 Å². The van der Waals surface area contributed by atoms with E-state index in [-0.39, 0.29) is 5.60 Å². The fourth-order valence-corrected chi connectivity index (χ4v) is 3.89. The second-order valence-electron chi connectivity index (χ2n) is 6.39. The van der Waals surface area contributed by atoms with Gasteiger partial charge in [-0.1, -0.05) is 39.3 Å². The molecule has 1 heteroatoms. The zero-order valence-electron chi connectivity index (χ0n) is 11.0. The van der Waals surface area contributed by atoms with Crippen LogP contribution in [-0.2, 0) is 0 Å². The Kier molecular flexibility index (Phi) is 2.30. The second kappa shape index (κ2) is 3.51. The lowest BCUT2D eigenvalue weighted by Crippen LogP contribution is -2.30. The maximum absolute atomic E-state index is 6.38. The Morgan fingerprint density at radius 3 is 2.65 bits per heavy atom. The molecule has 0 heterocycles. The van der Waals surface area contributed by atoms with E-state index < -0.39 is 0 Å².